The maximum Gasteiger partial charge on any atom is 0.140 e. The second-order valence-electron chi connectivity index (χ2n) is 6.48. The number of rotatable bonds is 3. The molecule has 1 aromatic carbocycles. The van der Waals surface area contributed by atoms with Gasteiger partial charge in [-0.05, 0) is 80.6 Å². The zero-order valence-corrected chi connectivity index (χ0v) is 13.8. The zero-order valence-electron chi connectivity index (χ0n) is 13.0. The average molecular weight is 308 g/mol. The van der Waals surface area contributed by atoms with Crippen molar-refractivity contribution in [3.05, 3.63) is 27.8 Å². The van der Waals surface area contributed by atoms with Crippen molar-refractivity contribution in [2.75, 3.05) is 20.2 Å². The highest BCUT2D eigenvalue weighted by atomic mass is 35.5. The van der Waals surface area contributed by atoms with E-state index in [1.54, 1.807) is 7.11 Å². The van der Waals surface area contributed by atoms with Gasteiger partial charge in [0.15, 0.2) is 0 Å². The molecular weight excluding hydrogens is 282 g/mol. The second-order valence-corrected chi connectivity index (χ2v) is 6.86. The molecule has 116 valence electrons. The lowest BCUT2D eigenvalue weighted by atomic mass is 9.88. The monoisotopic (exact) mass is 307 g/mol. The van der Waals surface area contributed by atoms with Gasteiger partial charge in [-0.3, -0.25) is 0 Å². The molecule has 2 nitrogen and oxygen atoms in total. The minimum absolute atomic E-state index is 0.764. The molecule has 3 heteroatoms. The third-order valence-corrected chi connectivity index (χ3v) is 5.44. The standard InChI is InChI=1S/C18H26ClNO/c1-21-18-15(11-13-7-9-20-10-8-13)12-14-5-3-2-4-6-16(14)17(18)19/h12-13,20H,2-11H2,1H3. The second kappa shape index (κ2) is 7.02. The predicted molar refractivity (Wildman–Crippen MR) is 88.6 cm³/mol. The minimum Gasteiger partial charge on any atom is -0.495 e. The molecular formula is C18H26ClNO. The number of piperidine rings is 1. The minimum atomic E-state index is 0.764. The fourth-order valence-electron chi connectivity index (χ4n) is 3.84. The highest BCUT2D eigenvalue weighted by Gasteiger charge is 2.22. The number of methoxy groups -OCH3 is 1. The summed E-state index contributed by atoms with van der Waals surface area (Å²) in [5, 5.41) is 4.33. The molecule has 0 aromatic heterocycles. The topological polar surface area (TPSA) is 21.3 Å². The summed E-state index contributed by atoms with van der Waals surface area (Å²) < 4.78 is 5.68. The molecule has 1 aliphatic carbocycles. The molecule has 0 atom stereocenters. The molecule has 2 aliphatic rings. The molecule has 1 fully saturated rings. The first kappa shape index (κ1) is 15.2. The van der Waals surface area contributed by atoms with Gasteiger partial charge in [0.25, 0.3) is 0 Å². The highest BCUT2D eigenvalue weighted by molar-refractivity contribution is 6.33. The van der Waals surface area contributed by atoms with E-state index in [1.807, 2.05) is 0 Å². The van der Waals surface area contributed by atoms with Gasteiger partial charge in [0.2, 0.25) is 0 Å². The Morgan fingerprint density at radius 1 is 1.19 bits per heavy atom. The molecule has 0 bridgehead atoms. The van der Waals surface area contributed by atoms with Crippen LogP contribution in [0.1, 0.15) is 48.8 Å². The van der Waals surface area contributed by atoms with Gasteiger partial charge in [-0.2, -0.15) is 0 Å². The summed E-state index contributed by atoms with van der Waals surface area (Å²) in [4.78, 5) is 0. The van der Waals surface area contributed by atoms with Crippen LogP contribution < -0.4 is 10.1 Å². The maximum atomic E-state index is 6.68. The number of ether oxygens (including phenoxy) is 1. The van der Waals surface area contributed by atoms with Gasteiger partial charge in [-0.15, -0.1) is 0 Å². The Labute approximate surface area is 133 Å². The van der Waals surface area contributed by atoms with Crippen molar-refractivity contribution >= 4 is 11.6 Å². The molecule has 1 aliphatic heterocycles. The molecule has 1 saturated heterocycles. The van der Waals surface area contributed by atoms with Crippen LogP contribution in [0, 0.1) is 5.92 Å². The van der Waals surface area contributed by atoms with Crippen LogP contribution in [-0.4, -0.2) is 20.2 Å². The van der Waals surface area contributed by atoms with Crippen LogP contribution in [-0.2, 0) is 19.3 Å². The summed E-state index contributed by atoms with van der Waals surface area (Å²) in [6.45, 7) is 2.29. The smallest absolute Gasteiger partial charge is 0.140 e. The van der Waals surface area contributed by atoms with Crippen molar-refractivity contribution in [2.45, 2.75) is 51.4 Å². The van der Waals surface area contributed by atoms with Gasteiger partial charge in [-0.25, -0.2) is 0 Å². The molecule has 0 radical (unpaired) electrons. The Hall–Kier alpha value is -0.730. The number of benzene rings is 1. The maximum absolute atomic E-state index is 6.68. The van der Waals surface area contributed by atoms with Crippen molar-refractivity contribution in [2.24, 2.45) is 5.92 Å². The van der Waals surface area contributed by atoms with E-state index in [9.17, 15) is 0 Å². The summed E-state index contributed by atoms with van der Waals surface area (Å²) in [6, 6.07) is 2.40. The van der Waals surface area contributed by atoms with Crippen molar-refractivity contribution in [3.8, 4) is 5.75 Å². The summed E-state index contributed by atoms with van der Waals surface area (Å²) in [7, 11) is 1.76. The van der Waals surface area contributed by atoms with Crippen LogP contribution in [0.15, 0.2) is 6.07 Å². The molecule has 0 amide bonds. The van der Waals surface area contributed by atoms with Crippen LogP contribution in [0.4, 0.5) is 0 Å². The largest absolute Gasteiger partial charge is 0.495 e. The van der Waals surface area contributed by atoms with Crippen LogP contribution in [0.25, 0.3) is 0 Å². The first-order chi connectivity index (χ1) is 10.3. The number of hydrogen-bond donors (Lipinski definition) is 1. The Morgan fingerprint density at radius 3 is 2.71 bits per heavy atom. The Bertz CT molecular complexity index is 494. The fraction of sp³-hybridized carbons (Fsp3) is 0.667. The molecule has 21 heavy (non-hydrogen) atoms. The molecule has 1 heterocycles. The molecule has 1 aromatic rings. The summed E-state index contributed by atoms with van der Waals surface area (Å²) in [5.74, 6) is 1.70. The molecule has 0 unspecified atom stereocenters. The van der Waals surface area contributed by atoms with Crippen LogP contribution in [0.5, 0.6) is 5.75 Å². The quantitative estimate of drug-likeness (QED) is 0.847. The fourth-order valence-corrected chi connectivity index (χ4v) is 4.25. The van der Waals surface area contributed by atoms with Gasteiger partial charge < -0.3 is 10.1 Å². The lowest BCUT2D eigenvalue weighted by molar-refractivity contribution is 0.361. The Kier molecular flexibility index (Phi) is 5.07. The third-order valence-electron chi connectivity index (χ3n) is 5.04. The van der Waals surface area contributed by atoms with E-state index in [-0.39, 0.29) is 0 Å². The number of aryl methyl sites for hydroxylation is 1. The number of fused-ring (bicyclic) bond motifs is 1. The normalized spacial score (nSPS) is 19.9. The van der Waals surface area contributed by atoms with E-state index >= 15 is 0 Å². The first-order valence-corrected chi connectivity index (χ1v) is 8.75. The number of halogens is 1. The predicted octanol–water partition coefficient (Wildman–Crippen LogP) is 4.16. The molecule has 1 N–H and O–H groups in total. The van der Waals surface area contributed by atoms with E-state index in [0.29, 0.717) is 0 Å². The lowest BCUT2D eigenvalue weighted by Gasteiger charge is -2.24. The Balaban J connectivity index is 1.91. The first-order valence-electron chi connectivity index (χ1n) is 8.37. The zero-order chi connectivity index (χ0) is 14.7. The van der Waals surface area contributed by atoms with Crippen LogP contribution in [0.3, 0.4) is 0 Å². The van der Waals surface area contributed by atoms with Crippen molar-refractivity contribution < 1.29 is 4.74 Å². The molecule has 0 spiro atoms. The average Bonchev–Trinajstić information content (AvgIpc) is 2.74. The van der Waals surface area contributed by atoms with Crippen molar-refractivity contribution in [1.82, 2.24) is 5.32 Å². The number of nitrogens with one attached hydrogen (secondary N) is 1. The molecule has 0 saturated carbocycles. The highest BCUT2D eigenvalue weighted by Crippen LogP contribution is 2.39. The lowest BCUT2D eigenvalue weighted by Crippen LogP contribution is -2.28. The molecule has 3 rings (SSSR count). The number of hydrogen-bond acceptors (Lipinski definition) is 2. The van der Waals surface area contributed by atoms with Crippen LogP contribution in [0.2, 0.25) is 5.02 Å². The van der Waals surface area contributed by atoms with E-state index in [4.69, 9.17) is 16.3 Å². The van der Waals surface area contributed by atoms with Crippen molar-refractivity contribution in [3.63, 3.8) is 0 Å². The van der Waals surface area contributed by atoms with E-state index in [0.717, 1.165) is 42.6 Å². The van der Waals surface area contributed by atoms with Gasteiger partial charge in [0.1, 0.15) is 5.75 Å². The van der Waals surface area contributed by atoms with Gasteiger partial charge >= 0.3 is 0 Å². The van der Waals surface area contributed by atoms with E-state index < -0.39 is 0 Å². The van der Waals surface area contributed by atoms with Crippen LogP contribution >= 0.6 is 11.6 Å². The van der Waals surface area contributed by atoms with Gasteiger partial charge in [-0.1, -0.05) is 24.1 Å². The van der Waals surface area contributed by atoms with E-state index in [1.165, 1.54) is 55.2 Å². The van der Waals surface area contributed by atoms with Gasteiger partial charge in [0, 0.05) is 0 Å². The van der Waals surface area contributed by atoms with Crippen molar-refractivity contribution in [1.29, 1.82) is 0 Å². The third kappa shape index (κ3) is 3.37. The summed E-state index contributed by atoms with van der Waals surface area (Å²) >= 11 is 6.68. The summed E-state index contributed by atoms with van der Waals surface area (Å²) in [6.07, 6.45) is 9.78. The Morgan fingerprint density at radius 2 is 1.95 bits per heavy atom. The SMILES string of the molecule is COc1c(CC2CCNCC2)cc2c(c1Cl)CCCCC2. The summed E-state index contributed by atoms with van der Waals surface area (Å²) in [5.41, 5.74) is 4.15. The van der Waals surface area contributed by atoms with E-state index in [2.05, 4.69) is 11.4 Å². The van der Waals surface area contributed by atoms with Gasteiger partial charge in [0.05, 0.1) is 12.1 Å².